The van der Waals surface area contributed by atoms with Gasteiger partial charge in [0.15, 0.2) is 5.78 Å². The maximum absolute atomic E-state index is 12.4. The van der Waals surface area contributed by atoms with Crippen LogP contribution in [-0.4, -0.2) is 53.7 Å². The minimum absolute atomic E-state index is 0.104. The molecule has 6 nitrogen and oxygen atoms in total. The van der Waals surface area contributed by atoms with E-state index in [0.29, 0.717) is 18.8 Å². The summed E-state index contributed by atoms with van der Waals surface area (Å²) in [4.78, 5) is 28.7. The molecule has 1 aromatic rings. The van der Waals surface area contributed by atoms with E-state index in [9.17, 15) is 9.59 Å². The van der Waals surface area contributed by atoms with Crippen molar-refractivity contribution in [3.05, 3.63) is 84.1 Å². The largest absolute Gasteiger partial charge is 0.462 e. The Labute approximate surface area is 196 Å². The third-order valence-corrected chi connectivity index (χ3v) is 6.43. The van der Waals surface area contributed by atoms with E-state index >= 15 is 0 Å². The highest BCUT2D eigenvalue weighted by Gasteiger charge is 2.27. The number of carbonyl (C=O) groups is 2. The Morgan fingerprint density at radius 1 is 1.21 bits per heavy atom. The highest BCUT2D eigenvalue weighted by Crippen LogP contribution is 2.23. The van der Waals surface area contributed by atoms with Crippen LogP contribution in [0.1, 0.15) is 31.7 Å². The second-order valence-corrected chi connectivity index (χ2v) is 9.08. The molecule has 1 saturated heterocycles. The zero-order valence-electron chi connectivity index (χ0n) is 19.3. The summed E-state index contributed by atoms with van der Waals surface area (Å²) >= 11 is 0. The van der Waals surface area contributed by atoms with Crippen LogP contribution in [0.5, 0.6) is 0 Å². The monoisotopic (exact) mass is 447 g/mol. The number of ether oxygens (including phenoxy) is 1. The summed E-state index contributed by atoms with van der Waals surface area (Å²) in [6, 6.07) is 10.1. The van der Waals surface area contributed by atoms with Crippen LogP contribution in [0.4, 0.5) is 0 Å². The van der Waals surface area contributed by atoms with E-state index in [-0.39, 0.29) is 17.7 Å². The Morgan fingerprint density at radius 2 is 2.06 bits per heavy atom. The highest BCUT2D eigenvalue weighted by molar-refractivity contribution is 5.93. The molecule has 174 valence electrons. The van der Waals surface area contributed by atoms with E-state index in [1.54, 1.807) is 18.4 Å². The lowest BCUT2D eigenvalue weighted by atomic mass is 9.93. The Kier molecular flexibility index (Phi) is 7.79. The molecule has 2 heterocycles. The van der Waals surface area contributed by atoms with Gasteiger partial charge in [0.2, 0.25) is 5.91 Å². The molecular formula is C27H33N3O3. The molecule has 0 radical (unpaired) electrons. The van der Waals surface area contributed by atoms with E-state index in [1.807, 2.05) is 48.8 Å². The Hall–Kier alpha value is -3.12. The van der Waals surface area contributed by atoms with Crippen molar-refractivity contribution < 1.29 is 14.3 Å². The van der Waals surface area contributed by atoms with Gasteiger partial charge in [-0.1, -0.05) is 49.4 Å². The summed E-state index contributed by atoms with van der Waals surface area (Å²) in [5.74, 6) is 1.39. The minimum atomic E-state index is 0.104. The molecule has 6 heteroatoms. The van der Waals surface area contributed by atoms with Gasteiger partial charge in [-0.15, -0.1) is 0 Å². The molecule has 33 heavy (non-hydrogen) atoms. The topological polar surface area (TPSA) is 61.9 Å². The van der Waals surface area contributed by atoms with E-state index in [1.165, 1.54) is 0 Å². The zero-order valence-corrected chi connectivity index (χ0v) is 19.3. The fourth-order valence-electron chi connectivity index (χ4n) is 4.62. The van der Waals surface area contributed by atoms with Crippen molar-refractivity contribution in [1.29, 1.82) is 0 Å². The van der Waals surface area contributed by atoms with Crippen LogP contribution < -0.4 is 5.32 Å². The van der Waals surface area contributed by atoms with Gasteiger partial charge in [-0.2, -0.15) is 0 Å². The first-order chi connectivity index (χ1) is 16.1. The summed E-state index contributed by atoms with van der Waals surface area (Å²) in [6.07, 6.45) is 13.8. The molecule has 1 N–H and O–H groups in total. The number of nitrogens with one attached hydrogen (secondary N) is 1. The van der Waals surface area contributed by atoms with Crippen LogP contribution in [0, 0.1) is 5.92 Å². The number of hydrogen-bond donors (Lipinski definition) is 1. The van der Waals surface area contributed by atoms with E-state index < -0.39 is 0 Å². The SMILES string of the molecule is CC1CN(CCCN2C=COC(C3=CC=CC(=O)C3)=C2)CCC1NC(=O)Cc1ccccc1. The van der Waals surface area contributed by atoms with Gasteiger partial charge in [0.25, 0.3) is 0 Å². The van der Waals surface area contributed by atoms with Crippen LogP contribution in [0.3, 0.4) is 0 Å². The first-order valence-corrected chi connectivity index (χ1v) is 11.8. The molecule has 1 fully saturated rings. The molecular weight excluding hydrogens is 414 g/mol. The lowest BCUT2D eigenvalue weighted by Gasteiger charge is -2.37. The number of carbonyl (C=O) groups excluding carboxylic acids is 2. The number of allylic oxidation sites excluding steroid dienone is 4. The second kappa shape index (κ2) is 11.1. The molecule has 4 rings (SSSR count). The van der Waals surface area contributed by atoms with Crippen molar-refractivity contribution in [1.82, 2.24) is 15.1 Å². The molecule has 0 spiro atoms. The van der Waals surface area contributed by atoms with Crippen molar-refractivity contribution in [2.24, 2.45) is 5.92 Å². The predicted octanol–water partition coefficient (Wildman–Crippen LogP) is 3.55. The summed E-state index contributed by atoms with van der Waals surface area (Å²) in [5.41, 5.74) is 1.97. The van der Waals surface area contributed by atoms with Gasteiger partial charge in [0.05, 0.1) is 6.42 Å². The molecule has 1 aromatic carbocycles. The molecule has 3 aliphatic rings. The van der Waals surface area contributed by atoms with Gasteiger partial charge >= 0.3 is 0 Å². The molecule has 0 bridgehead atoms. The fourth-order valence-corrected chi connectivity index (χ4v) is 4.62. The average molecular weight is 448 g/mol. The quantitative estimate of drug-likeness (QED) is 0.661. The summed E-state index contributed by atoms with van der Waals surface area (Å²) < 4.78 is 5.63. The van der Waals surface area contributed by atoms with Crippen molar-refractivity contribution >= 4 is 11.7 Å². The van der Waals surface area contributed by atoms with Crippen molar-refractivity contribution in [3.63, 3.8) is 0 Å². The Morgan fingerprint density at radius 3 is 2.85 bits per heavy atom. The number of rotatable bonds is 8. The number of benzene rings is 1. The molecule has 0 saturated carbocycles. The van der Waals surface area contributed by atoms with Gasteiger partial charge in [0.1, 0.15) is 12.0 Å². The van der Waals surface area contributed by atoms with Crippen molar-refractivity contribution in [3.8, 4) is 0 Å². The second-order valence-electron chi connectivity index (χ2n) is 9.08. The Bertz CT molecular complexity index is 964. The molecule has 2 aliphatic heterocycles. The molecule has 1 aliphatic carbocycles. The minimum Gasteiger partial charge on any atom is -0.462 e. The first kappa shape index (κ1) is 23.1. The lowest BCUT2D eigenvalue weighted by molar-refractivity contribution is -0.122. The normalized spacial score (nSPS) is 23.1. The van der Waals surface area contributed by atoms with Crippen LogP contribution in [0.2, 0.25) is 0 Å². The zero-order chi connectivity index (χ0) is 23.0. The predicted molar refractivity (Wildman–Crippen MR) is 129 cm³/mol. The smallest absolute Gasteiger partial charge is 0.224 e. The van der Waals surface area contributed by atoms with E-state index in [4.69, 9.17) is 4.74 Å². The van der Waals surface area contributed by atoms with Crippen molar-refractivity contribution in [2.75, 3.05) is 26.2 Å². The van der Waals surface area contributed by atoms with Crippen LogP contribution in [0.15, 0.2) is 78.6 Å². The van der Waals surface area contributed by atoms with E-state index in [0.717, 1.165) is 55.9 Å². The van der Waals surface area contributed by atoms with E-state index in [2.05, 4.69) is 22.0 Å². The Balaban J connectivity index is 1.18. The van der Waals surface area contributed by atoms with Gasteiger partial charge in [-0.05, 0) is 36.9 Å². The van der Waals surface area contributed by atoms with Gasteiger partial charge < -0.3 is 19.9 Å². The fraction of sp³-hybridized carbons (Fsp3) is 0.407. The molecule has 2 atom stereocenters. The number of amides is 1. The van der Waals surface area contributed by atoms with Gasteiger partial charge in [-0.25, -0.2) is 0 Å². The first-order valence-electron chi connectivity index (χ1n) is 11.8. The number of nitrogens with zero attached hydrogens (tertiary/aromatic N) is 2. The van der Waals surface area contributed by atoms with Crippen LogP contribution in [0.25, 0.3) is 0 Å². The number of hydrogen-bond acceptors (Lipinski definition) is 5. The van der Waals surface area contributed by atoms with Crippen LogP contribution >= 0.6 is 0 Å². The number of piperidine rings is 1. The average Bonchev–Trinajstić information content (AvgIpc) is 2.82. The van der Waals surface area contributed by atoms with Gasteiger partial charge in [0, 0.05) is 50.1 Å². The molecule has 1 amide bonds. The standard InChI is InChI=1S/C27H33N3O3/c1-21-19-29(14-11-25(21)28-27(32)17-22-7-3-2-4-8-22)12-6-13-30-15-16-33-26(20-30)23-9-5-10-24(31)18-23/h2-5,7-10,15-16,20-21,25H,6,11-14,17-19H2,1H3,(H,28,32). The summed E-state index contributed by atoms with van der Waals surface area (Å²) in [5, 5.41) is 3.25. The number of ketones is 1. The number of likely N-dealkylation sites (tertiary alicyclic amines) is 1. The highest BCUT2D eigenvalue weighted by atomic mass is 16.5. The summed E-state index contributed by atoms with van der Waals surface area (Å²) in [7, 11) is 0. The maximum atomic E-state index is 12.4. The third kappa shape index (κ3) is 6.68. The van der Waals surface area contributed by atoms with Crippen LogP contribution in [-0.2, 0) is 20.7 Å². The maximum Gasteiger partial charge on any atom is 0.224 e. The van der Waals surface area contributed by atoms with Crippen molar-refractivity contribution in [2.45, 2.75) is 38.6 Å². The molecule has 2 unspecified atom stereocenters. The third-order valence-electron chi connectivity index (χ3n) is 6.43. The summed E-state index contributed by atoms with van der Waals surface area (Å²) in [6.45, 7) is 6.14. The lowest BCUT2D eigenvalue weighted by Crippen LogP contribution is -2.50. The van der Waals surface area contributed by atoms with Gasteiger partial charge in [-0.3, -0.25) is 9.59 Å². The molecule has 0 aromatic heterocycles.